The summed E-state index contributed by atoms with van der Waals surface area (Å²) in [5, 5.41) is 3.11. The van der Waals surface area contributed by atoms with Crippen LogP contribution in [0, 0.1) is 12.7 Å². The van der Waals surface area contributed by atoms with Crippen molar-refractivity contribution >= 4 is 33.3 Å². The molecule has 6 heteroatoms. The monoisotopic (exact) mass is 371 g/mol. The first-order valence-corrected chi connectivity index (χ1v) is 8.98. The molecule has 3 rings (SSSR count). The maximum absolute atomic E-state index is 13.7. The molecule has 1 amide bonds. The lowest BCUT2D eigenvalue weighted by Gasteiger charge is -2.13. The number of carbonyl (C=O) groups excluding carboxylic acids is 2. The third-order valence-corrected chi connectivity index (χ3v) is 5.03. The third-order valence-electron chi connectivity index (χ3n) is 3.95. The first-order valence-electron chi connectivity index (χ1n) is 8.16. The maximum Gasteiger partial charge on any atom is 0.349 e. The zero-order valence-corrected chi connectivity index (χ0v) is 15.2. The van der Waals surface area contributed by atoms with Gasteiger partial charge >= 0.3 is 5.97 Å². The van der Waals surface area contributed by atoms with E-state index in [1.54, 1.807) is 12.1 Å². The van der Waals surface area contributed by atoms with Crippen LogP contribution >= 0.6 is 11.3 Å². The Morgan fingerprint density at radius 1 is 1.19 bits per heavy atom. The molecule has 1 N–H and O–H groups in total. The van der Waals surface area contributed by atoms with Crippen LogP contribution in [0.3, 0.4) is 0 Å². The predicted octanol–water partition coefficient (Wildman–Crippen LogP) is 4.21. The number of hydrogen-bond donors (Lipinski definition) is 1. The van der Waals surface area contributed by atoms with Crippen LogP contribution in [-0.2, 0) is 16.1 Å². The lowest BCUT2D eigenvalue weighted by atomic mass is 10.1. The highest BCUT2D eigenvalue weighted by Gasteiger charge is 2.20. The zero-order valence-electron chi connectivity index (χ0n) is 14.4. The Balaban J connectivity index is 1.59. The van der Waals surface area contributed by atoms with E-state index in [0.717, 1.165) is 22.5 Å². The minimum atomic E-state index is -0.942. The van der Waals surface area contributed by atoms with E-state index in [1.807, 2.05) is 31.2 Å². The van der Waals surface area contributed by atoms with E-state index < -0.39 is 12.1 Å². The van der Waals surface area contributed by atoms with E-state index in [9.17, 15) is 14.0 Å². The molecule has 2 aromatic carbocycles. The molecule has 1 atom stereocenters. The number of fused-ring (bicyclic) bond motifs is 1. The molecule has 0 bridgehead atoms. The summed E-state index contributed by atoms with van der Waals surface area (Å²) in [6.07, 6.45) is -0.942. The molecule has 0 aliphatic rings. The van der Waals surface area contributed by atoms with Gasteiger partial charge in [0.15, 0.2) is 6.10 Å². The lowest BCUT2D eigenvalue weighted by molar-refractivity contribution is -0.129. The highest BCUT2D eigenvalue weighted by Crippen LogP contribution is 2.28. The molecule has 0 saturated heterocycles. The van der Waals surface area contributed by atoms with Gasteiger partial charge in [0.05, 0.1) is 0 Å². The van der Waals surface area contributed by atoms with Crippen molar-refractivity contribution in [2.75, 3.05) is 0 Å². The van der Waals surface area contributed by atoms with Gasteiger partial charge in [-0.15, -0.1) is 11.3 Å². The second kappa shape index (κ2) is 7.66. The number of hydrogen-bond acceptors (Lipinski definition) is 4. The number of benzene rings is 2. The van der Waals surface area contributed by atoms with Crippen molar-refractivity contribution in [3.8, 4) is 0 Å². The summed E-state index contributed by atoms with van der Waals surface area (Å²) in [7, 11) is 0. The largest absolute Gasteiger partial charge is 0.448 e. The van der Waals surface area contributed by atoms with Gasteiger partial charge in [0.1, 0.15) is 10.7 Å². The molecular formula is C20H18FNO3S. The molecule has 0 saturated carbocycles. The fourth-order valence-corrected chi connectivity index (χ4v) is 3.40. The average Bonchev–Trinajstić information content (AvgIpc) is 3.07. The number of halogens is 1. The number of thiophene rings is 1. The van der Waals surface area contributed by atoms with Crippen LogP contribution in [0.1, 0.15) is 27.7 Å². The fraction of sp³-hybridized carbons (Fsp3) is 0.200. The first kappa shape index (κ1) is 18.1. The van der Waals surface area contributed by atoms with Gasteiger partial charge in [0.2, 0.25) is 0 Å². The van der Waals surface area contributed by atoms with Crippen LogP contribution in [0.4, 0.5) is 4.39 Å². The molecule has 0 spiro atoms. The van der Waals surface area contributed by atoms with Gasteiger partial charge < -0.3 is 10.1 Å². The van der Waals surface area contributed by atoms with E-state index in [4.69, 9.17) is 4.74 Å². The Kier molecular flexibility index (Phi) is 5.32. The summed E-state index contributed by atoms with van der Waals surface area (Å²) in [6.45, 7) is 3.86. The molecule has 0 unspecified atom stereocenters. The standard InChI is InChI=1S/C20H18FNO3S/c1-12-6-8-14(9-7-12)11-22-19(23)13(2)25-20(24)18-10-15-16(21)4-3-5-17(15)26-18/h3-10,13H,11H2,1-2H3,(H,22,23)/t13-/m0/s1. The zero-order chi connectivity index (χ0) is 18.7. The molecular weight excluding hydrogens is 353 g/mol. The van der Waals surface area contributed by atoms with Gasteiger partial charge in [-0.25, -0.2) is 9.18 Å². The fourth-order valence-electron chi connectivity index (χ4n) is 2.44. The Bertz CT molecular complexity index is 949. The number of esters is 1. The molecule has 0 aliphatic carbocycles. The first-order chi connectivity index (χ1) is 12.4. The summed E-state index contributed by atoms with van der Waals surface area (Å²) < 4.78 is 19.6. The summed E-state index contributed by atoms with van der Waals surface area (Å²) in [5.41, 5.74) is 2.10. The van der Waals surface area contributed by atoms with Gasteiger partial charge in [-0.05, 0) is 37.6 Å². The number of aryl methyl sites for hydroxylation is 1. The van der Waals surface area contributed by atoms with Gasteiger partial charge in [0, 0.05) is 16.6 Å². The second-order valence-electron chi connectivity index (χ2n) is 6.01. The van der Waals surface area contributed by atoms with Gasteiger partial charge in [0.25, 0.3) is 5.91 Å². The van der Waals surface area contributed by atoms with Crippen molar-refractivity contribution in [3.05, 3.63) is 70.4 Å². The van der Waals surface area contributed by atoms with E-state index >= 15 is 0 Å². The van der Waals surface area contributed by atoms with E-state index in [2.05, 4.69) is 5.32 Å². The number of nitrogens with one attached hydrogen (secondary N) is 1. The number of ether oxygens (including phenoxy) is 1. The second-order valence-corrected chi connectivity index (χ2v) is 7.10. The normalized spacial score (nSPS) is 12.0. The van der Waals surface area contributed by atoms with Crippen molar-refractivity contribution in [1.82, 2.24) is 5.32 Å². The minimum Gasteiger partial charge on any atom is -0.448 e. The SMILES string of the molecule is Cc1ccc(CNC(=O)[C@H](C)OC(=O)c2cc3c(F)cccc3s2)cc1. The van der Waals surface area contributed by atoms with Crippen LogP contribution in [0.5, 0.6) is 0 Å². The molecule has 0 fully saturated rings. The molecule has 4 nitrogen and oxygen atoms in total. The Morgan fingerprint density at radius 2 is 1.92 bits per heavy atom. The topological polar surface area (TPSA) is 55.4 Å². The van der Waals surface area contributed by atoms with Crippen LogP contribution < -0.4 is 5.32 Å². The maximum atomic E-state index is 13.7. The predicted molar refractivity (Wildman–Crippen MR) is 99.7 cm³/mol. The van der Waals surface area contributed by atoms with Gasteiger partial charge in [-0.2, -0.15) is 0 Å². The van der Waals surface area contributed by atoms with Crippen molar-refractivity contribution in [2.45, 2.75) is 26.5 Å². The number of rotatable bonds is 5. The Morgan fingerprint density at radius 3 is 2.62 bits per heavy atom. The van der Waals surface area contributed by atoms with Gasteiger partial charge in [-0.1, -0.05) is 35.9 Å². The van der Waals surface area contributed by atoms with Crippen molar-refractivity contribution in [3.63, 3.8) is 0 Å². The van der Waals surface area contributed by atoms with Gasteiger partial charge in [-0.3, -0.25) is 4.79 Å². The minimum absolute atomic E-state index is 0.267. The van der Waals surface area contributed by atoms with Crippen LogP contribution in [0.25, 0.3) is 10.1 Å². The number of amides is 1. The Hall–Kier alpha value is -2.73. The quantitative estimate of drug-likeness (QED) is 0.684. The van der Waals surface area contributed by atoms with Crippen molar-refractivity contribution in [2.24, 2.45) is 0 Å². The van der Waals surface area contributed by atoms with Crippen LogP contribution in [0.15, 0.2) is 48.5 Å². The smallest absolute Gasteiger partial charge is 0.349 e. The summed E-state index contributed by atoms with van der Waals surface area (Å²) >= 11 is 1.14. The van der Waals surface area contributed by atoms with Crippen LogP contribution in [-0.4, -0.2) is 18.0 Å². The number of carbonyl (C=O) groups is 2. The highest BCUT2D eigenvalue weighted by molar-refractivity contribution is 7.20. The molecule has 3 aromatic rings. The third kappa shape index (κ3) is 4.08. The molecule has 0 aliphatic heterocycles. The van der Waals surface area contributed by atoms with Crippen LogP contribution in [0.2, 0.25) is 0 Å². The molecule has 134 valence electrons. The van der Waals surface area contributed by atoms with E-state index in [-0.39, 0.29) is 16.6 Å². The van der Waals surface area contributed by atoms with Crippen molar-refractivity contribution in [1.29, 1.82) is 0 Å². The van der Waals surface area contributed by atoms with Crippen molar-refractivity contribution < 1.29 is 18.7 Å². The Labute approximate surface area is 154 Å². The average molecular weight is 371 g/mol. The molecule has 1 aromatic heterocycles. The molecule has 0 radical (unpaired) electrons. The lowest BCUT2D eigenvalue weighted by Crippen LogP contribution is -2.35. The highest BCUT2D eigenvalue weighted by atomic mass is 32.1. The van der Waals surface area contributed by atoms with E-state index in [0.29, 0.717) is 16.6 Å². The summed E-state index contributed by atoms with van der Waals surface area (Å²) in [4.78, 5) is 24.6. The summed E-state index contributed by atoms with van der Waals surface area (Å²) in [5.74, 6) is -1.41. The molecule has 26 heavy (non-hydrogen) atoms. The van der Waals surface area contributed by atoms with E-state index in [1.165, 1.54) is 19.1 Å². The molecule has 1 heterocycles. The summed E-state index contributed by atoms with van der Waals surface area (Å²) in [6, 6.07) is 13.9.